The minimum Gasteiger partial charge on any atom is -0.352 e. The molecule has 0 radical (unpaired) electrons. The van der Waals surface area contributed by atoms with Crippen LogP contribution in [0.4, 0.5) is 26.0 Å². The van der Waals surface area contributed by atoms with Crippen LogP contribution in [-0.4, -0.2) is 25.4 Å². The first-order valence-electron chi connectivity index (χ1n) is 10.3. The van der Waals surface area contributed by atoms with Crippen LogP contribution in [0.3, 0.4) is 0 Å². The van der Waals surface area contributed by atoms with E-state index in [2.05, 4.69) is 15.3 Å². The summed E-state index contributed by atoms with van der Waals surface area (Å²) in [5.74, 6) is -2.02. The van der Waals surface area contributed by atoms with Gasteiger partial charge in [-0.2, -0.15) is 8.42 Å². The smallest absolute Gasteiger partial charge is 0.300 e. The van der Waals surface area contributed by atoms with Crippen LogP contribution in [0.2, 0.25) is 0 Å². The standard InChI is InChI=1S/C20H21F2N5O2S/c1-12-4-5-17(16(21)8-12)26-18-11-24-10-15(13(18)2)9-14-6-7-25-20(19(14)22)27-30(28,29)23-3/h4-8,10-11,23,26H,9H2,1-3H3,(H,25,27)/i1D3. The van der Waals surface area contributed by atoms with Crippen molar-refractivity contribution < 1.29 is 21.3 Å². The molecule has 0 saturated carbocycles. The molecule has 0 aliphatic rings. The maximum absolute atomic E-state index is 14.8. The largest absolute Gasteiger partial charge is 0.352 e. The zero-order valence-electron chi connectivity index (χ0n) is 19.1. The van der Waals surface area contributed by atoms with E-state index >= 15 is 0 Å². The number of aromatic nitrogens is 2. The van der Waals surface area contributed by atoms with E-state index in [9.17, 15) is 17.2 Å². The molecule has 0 aliphatic heterocycles. The molecule has 1 aromatic carbocycles. The first kappa shape index (κ1) is 17.7. The number of aryl methyl sites for hydroxylation is 1. The van der Waals surface area contributed by atoms with Crippen molar-refractivity contribution in [3.8, 4) is 0 Å². The second-order valence-electron chi connectivity index (χ2n) is 6.41. The number of anilines is 3. The minimum atomic E-state index is -3.95. The summed E-state index contributed by atoms with van der Waals surface area (Å²) in [6.45, 7) is -0.691. The summed E-state index contributed by atoms with van der Waals surface area (Å²) in [5, 5.41) is 2.88. The summed E-state index contributed by atoms with van der Waals surface area (Å²) in [6.07, 6.45) is 4.33. The highest BCUT2D eigenvalue weighted by molar-refractivity contribution is 7.90. The lowest BCUT2D eigenvalue weighted by atomic mass is 10.0. The molecule has 2 aromatic heterocycles. The first-order chi connectivity index (χ1) is 15.4. The Morgan fingerprint density at radius 3 is 2.63 bits per heavy atom. The van der Waals surface area contributed by atoms with Crippen molar-refractivity contribution in [1.29, 1.82) is 0 Å². The molecule has 0 bridgehead atoms. The van der Waals surface area contributed by atoms with E-state index in [1.807, 2.05) is 9.44 Å². The fourth-order valence-electron chi connectivity index (χ4n) is 2.71. The van der Waals surface area contributed by atoms with E-state index in [1.54, 1.807) is 6.92 Å². The highest BCUT2D eigenvalue weighted by Gasteiger charge is 2.16. The van der Waals surface area contributed by atoms with Crippen LogP contribution < -0.4 is 14.8 Å². The van der Waals surface area contributed by atoms with Gasteiger partial charge in [0.1, 0.15) is 5.82 Å². The molecule has 0 spiro atoms. The predicted molar refractivity (Wildman–Crippen MR) is 112 cm³/mol. The molecular formula is C20H21F2N5O2S. The summed E-state index contributed by atoms with van der Waals surface area (Å²) >= 11 is 0. The molecule has 3 aromatic rings. The quantitative estimate of drug-likeness (QED) is 0.526. The second-order valence-corrected chi connectivity index (χ2v) is 8.03. The molecule has 0 amide bonds. The Kier molecular flexibility index (Phi) is 5.15. The molecule has 158 valence electrons. The van der Waals surface area contributed by atoms with Crippen LogP contribution >= 0.6 is 0 Å². The van der Waals surface area contributed by atoms with Crippen LogP contribution in [-0.2, 0) is 16.6 Å². The van der Waals surface area contributed by atoms with Crippen molar-refractivity contribution in [3.63, 3.8) is 0 Å². The number of rotatable bonds is 7. The van der Waals surface area contributed by atoms with Crippen molar-refractivity contribution in [2.75, 3.05) is 17.1 Å². The van der Waals surface area contributed by atoms with Gasteiger partial charge in [0.25, 0.3) is 10.2 Å². The molecule has 0 fully saturated rings. The van der Waals surface area contributed by atoms with Gasteiger partial charge in [-0.1, -0.05) is 6.07 Å². The Bertz CT molecular complexity index is 1290. The van der Waals surface area contributed by atoms with E-state index in [1.165, 1.54) is 43.8 Å². The summed E-state index contributed by atoms with van der Waals surface area (Å²) in [7, 11) is -2.77. The number of hydrogen-bond acceptors (Lipinski definition) is 5. The van der Waals surface area contributed by atoms with Crippen molar-refractivity contribution >= 4 is 27.4 Å². The van der Waals surface area contributed by atoms with Crippen molar-refractivity contribution in [3.05, 3.63) is 76.7 Å². The molecule has 0 unspecified atom stereocenters. The third-order valence-corrected chi connectivity index (χ3v) is 5.41. The first-order valence-corrected chi connectivity index (χ1v) is 10.2. The van der Waals surface area contributed by atoms with Gasteiger partial charge in [-0.05, 0) is 54.2 Å². The Labute approximate surface area is 178 Å². The lowest BCUT2D eigenvalue weighted by Gasteiger charge is -2.14. The molecule has 0 saturated heterocycles. The molecule has 7 nitrogen and oxygen atoms in total. The van der Waals surface area contributed by atoms with Crippen molar-refractivity contribution in [2.24, 2.45) is 0 Å². The monoisotopic (exact) mass is 436 g/mol. The van der Waals surface area contributed by atoms with Crippen molar-refractivity contribution in [2.45, 2.75) is 20.2 Å². The summed E-state index contributed by atoms with van der Waals surface area (Å²) in [6, 6.07) is 5.00. The molecular weight excluding hydrogens is 412 g/mol. The van der Waals surface area contributed by atoms with Gasteiger partial charge in [-0.15, -0.1) is 0 Å². The van der Waals surface area contributed by atoms with Crippen LogP contribution in [0, 0.1) is 25.4 Å². The lowest BCUT2D eigenvalue weighted by molar-refractivity contribution is 0.589. The topological polar surface area (TPSA) is 96.0 Å². The summed E-state index contributed by atoms with van der Waals surface area (Å²) < 4.78 is 78.8. The van der Waals surface area contributed by atoms with Crippen LogP contribution in [0.15, 0.2) is 42.9 Å². The lowest BCUT2D eigenvalue weighted by Crippen LogP contribution is -2.27. The normalized spacial score (nSPS) is 13.3. The van der Waals surface area contributed by atoms with E-state index < -0.39 is 34.5 Å². The zero-order chi connectivity index (χ0) is 24.4. The van der Waals surface area contributed by atoms with Gasteiger partial charge in [-0.3, -0.25) is 9.71 Å². The Balaban J connectivity index is 1.87. The SMILES string of the molecule is [2H]C([2H])([2H])c1ccc(Nc2cncc(Cc3ccnc(NS(=O)(=O)NC)c3F)c2C)c(F)c1. The molecule has 0 aliphatic carbocycles. The minimum absolute atomic E-state index is 0.0592. The van der Waals surface area contributed by atoms with Gasteiger partial charge in [-0.25, -0.2) is 18.5 Å². The molecule has 3 rings (SSSR count). The van der Waals surface area contributed by atoms with Crippen LogP contribution in [0.25, 0.3) is 0 Å². The van der Waals surface area contributed by atoms with E-state index in [4.69, 9.17) is 4.11 Å². The van der Waals surface area contributed by atoms with Crippen LogP contribution in [0.1, 0.15) is 26.4 Å². The molecule has 10 heteroatoms. The van der Waals surface area contributed by atoms with Gasteiger partial charge < -0.3 is 5.32 Å². The maximum Gasteiger partial charge on any atom is 0.300 e. The maximum atomic E-state index is 14.8. The Morgan fingerprint density at radius 1 is 1.13 bits per heavy atom. The van der Waals surface area contributed by atoms with Gasteiger partial charge in [0.05, 0.1) is 17.6 Å². The molecule has 3 N–H and O–H groups in total. The Morgan fingerprint density at radius 2 is 1.93 bits per heavy atom. The van der Waals surface area contributed by atoms with Crippen LogP contribution in [0.5, 0.6) is 0 Å². The van der Waals surface area contributed by atoms with Gasteiger partial charge >= 0.3 is 0 Å². The highest BCUT2D eigenvalue weighted by atomic mass is 32.2. The third kappa shape index (κ3) is 4.89. The molecule has 0 atom stereocenters. The fraction of sp³-hybridized carbons (Fsp3) is 0.200. The number of hydrogen-bond donors (Lipinski definition) is 3. The summed E-state index contributed by atoms with van der Waals surface area (Å²) in [5.41, 5.74) is 1.81. The fourth-order valence-corrected chi connectivity index (χ4v) is 3.21. The Hall–Kier alpha value is -3.11. The zero-order valence-corrected chi connectivity index (χ0v) is 16.9. The van der Waals surface area contributed by atoms with E-state index in [0.29, 0.717) is 16.8 Å². The van der Waals surface area contributed by atoms with Gasteiger partial charge in [0.15, 0.2) is 11.6 Å². The summed E-state index contributed by atoms with van der Waals surface area (Å²) in [4.78, 5) is 7.84. The number of nitrogens with one attached hydrogen (secondary N) is 3. The average Bonchev–Trinajstić information content (AvgIpc) is 2.74. The van der Waals surface area contributed by atoms with Gasteiger partial charge in [0.2, 0.25) is 0 Å². The average molecular weight is 437 g/mol. The highest BCUT2D eigenvalue weighted by Crippen LogP contribution is 2.27. The predicted octanol–water partition coefficient (Wildman–Crippen LogP) is 3.58. The van der Waals surface area contributed by atoms with Gasteiger partial charge in [0, 0.05) is 30.0 Å². The van der Waals surface area contributed by atoms with E-state index in [-0.39, 0.29) is 23.2 Å². The number of nitrogens with zero attached hydrogens (tertiary/aromatic N) is 2. The molecule has 30 heavy (non-hydrogen) atoms. The number of halogens is 2. The third-order valence-electron chi connectivity index (χ3n) is 4.41. The number of pyridine rings is 2. The van der Waals surface area contributed by atoms with E-state index in [0.717, 1.165) is 6.07 Å². The number of benzene rings is 1. The van der Waals surface area contributed by atoms with Crippen molar-refractivity contribution in [1.82, 2.24) is 14.7 Å². The second kappa shape index (κ2) is 8.72. The molecule has 2 heterocycles.